The van der Waals surface area contributed by atoms with Crippen molar-refractivity contribution in [1.29, 1.82) is 0 Å². The van der Waals surface area contributed by atoms with Gasteiger partial charge in [0.15, 0.2) is 50.8 Å². The molecule has 10 aromatic rings. The number of hydrogen-bond donors (Lipinski definition) is 0. The highest BCUT2D eigenvalue weighted by atomic mass is 32.2. The van der Waals surface area contributed by atoms with Crippen LogP contribution in [0.15, 0.2) is 292 Å². The molecule has 0 bridgehead atoms. The molecule has 0 saturated heterocycles. The van der Waals surface area contributed by atoms with E-state index in [0.717, 1.165) is 101 Å². The third-order valence-electron chi connectivity index (χ3n) is 17.7. The summed E-state index contributed by atoms with van der Waals surface area (Å²) in [5.41, 5.74) is 5.15. The summed E-state index contributed by atoms with van der Waals surface area (Å²) in [5, 5.41) is 0. The van der Waals surface area contributed by atoms with Gasteiger partial charge in [-0.2, -0.15) is 0 Å². The molecular formula is C84H88O16S10. The molecule has 0 aromatic heterocycles. The fourth-order valence-corrected chi connectivity index (χ4v) is 25.9. The van der Waals surface area contributed by atoms with Crippen LogP contribution in [0.5, 0.6) is 34.5 Å². The van der Waals surface area contributed by atoms with Crippen molar-refractivity contribution in [3.8, 4) is 34.5 Å². The SMILES string of the molecule is O=S1(=O)CCCc2ccccc21.O=S1(=O)CCOc2ccccc21.O=S1(=O)CCS(=O)(=O)c2ccccc21.O=S1CCCc2ccccc21.O=S1CCOc2ccccc21.c1ccc2c(c1)CCCO2.c1ccc2c(c1)CCCS2.c1ccc2c(c1)OCCO2.c1ccc2c(c1)OCCS2.c1ccc2c(c1)SCCS2. The molecule has 2 unspecified atom stereocenters. The minimum absolute atomic E-state index is 0.0637. The van der Waals surface area contributed by atoms with Gasteiger partial charge >= 0.3 is 0 Å². The van der Waals surface area contributed by atoms with Gasteiger partial charge in [-0.05, 0) is 176 Å². The van der Waals surface area contributed by atoms with E-state index in [9.17, 15) is 42.1 Å². The summed E-state index contributed by atoms with van der Waals surface area (Å²) in [7, 11) is -14.3. The number of rotatable bonds is 0. The lowest BCUT2D eigenvalue weighted by Gasteiger charge is -2.17. The quantitative estimate of drug-likeness (QED) is 0.137. The van der Waals surface area contributed by atoms with Gasteiger partial charge in [-0.3, -0.25) is 8.42 Å². The smallest absolute Gasteiger partial charge is 0.185 e. The zero-order valence-electron chi connectivity index (χ0n) is 60.7. The molecule has 2 atom stereocenters. The maximum absolute atomic E-state index is 11.5. The van der Waals surface area contributed by atoms with Crippen molar-refractivity contribution in [3.05, 3.63) is 265 Å². The highest BCUT2D eigenvalue weighted by Crippen LogP contribution is 2.37. The second-order valence-corrected chi connectivity index (χ2v) is 41.3. The molecule has 0 saturated carbocycles. The van der Waals surface area contributed by atoms with Crippen LogP contribution >= 0.6 is 47.0 Å². The van der Waals surface area contributed by atoms with Crippen molar-refractivity contribution in [3.63, 3.8) is 0 Å². The Labute approximate surface area is 669 Å². The van der Waals surface area contributed by atoms with Gasteiger partial charge in [0.2, 0.25) is 0 Å². The normalized spacial score (nSPS) is 18.8. The van der Waals surface area contributed by atoms with E-state index in [1.807, 2.05) is 156 Å². The first kappa shape index (κ1) is 83.4. The number of benzene rings is 10. The number of thioether (sulfide) groups is 4. The number of hydrogen-bond acceptors (Lipinski definition) is 20. The number of sulfone groups is 4. The molecule has 0 fully saturated rings. The monoisotopic (exact) mass is 1670 g/mol. The molecule has 0 spiro atoms. The summed E-state index contributed by atoms with van der Waals surface area (Å²) in [6.45, 7) is 3.90. The van der Waals surface area contributed by atoms with Gasteiger partial charge in [-0.15, -0.1) is 47.0 Å². The molecule has 20 rings (SSSR count). The Balaban J connectivity index is 0.000000121. The number of ether oxygens (including phenoxy) is 6. The Hall–Kier alpha value is -7.50. The van der Waals surface area contributed by atoms with E-state index in [0.29, 0.717) is 46.9 Å². The molecule has 10 aliphatic heterocycles. The van der Waals surface area contributed by atoms with Gasteiger partial charge < -0.3 is 28.4 Å². The summed E-state index contributed by atoms with van der Waals surface area (Å²) in [5.74, 6) is 11.2. The first-order chi connectivity index (χ1) is 53.4. The second kappa shape index (κ2) is 41.9. The molecule has 0 radical (unpaired) electrons. The molecular weight excluding hydrogens is 1590 g/mol. The van der Waals surface area contributed by atoms with Crippen molar-refractivity contribution in [1.82, 2.24) is 0 Å². The zero-order valence-corrected chi connectivity index (χ0v) is 68.8. The van der Waals surface area contributed by atoms with Crippen molar-refractivity contribution < 1.29 is 70.5 Å². The van der Waals surface area contributed by atoms with E-state index in [1.54, 1.807) is 42.0 Å². The Morgan fingerprint density at radius 1 is 0.245 bits per heavy atom. The Kier molecular flexibility index (Phi) is 31.7. The van der Waals surface area contributed by atoms with Gasteiger partial charge in [-0.25, -0.2) is 33.7 Å². The van der Waals surface area contributed by atoms with E-state index in [1.165, 1.54) is 91.5 Å². The van der Waals surface area contributed by atoms with Crippen LogP contribution in [-0.2, 0) is 86.6 Å². The van der Waals surface area contributed by atoms with Crippen molar-refractivity contribution in [2.45, 2.75) is 100 Å². The van der Waals surface area contributed by atoms with Crippen LogP contribution in [0.1, 0.15) is 47.9 Å². The lowest BCUT2D eigenvalue weighted by molar-refractivity contribution is 0.171. The maximum Gasteiger partial charge on any atom is 0.185 e. The second-order valence-electron chi connectivity index (χ2n) is 25.4. The fraction of sp³-hybridized carbons (Fsp3) is 0.286. The van der Waals surface area contributed by atoms with Crippen LogP contribution in [-0.4, -0.2) is 139 Å². The fourth-order valence-electron chi connectivity index (χ4n) is 12.3. The minimum atomic E-state index is -3.39. The van der Waals surface area contributed by atoms with E-state index in [4.69, 9.17) is 28.4 Å². The van der Waals surface area contributed by atoms with Crippen LogP contribution in [0.4, 0.5) is 0 Å². The highest BCUT2D eigenvalue weighted by Gasteiger charge is 2.33. The molecule has 0 N–H and O–H groups in total. The third kappa shape index (κ3) is 24.3. The van der Waals surface area contributed by atoms with E-state index in [2.05, 4.69) is 72.8 Å². The molecule has 0 aliphatic carbocycles. The predicted octanol–water partition coefficient (Wildman–Crippen LogP) is 16.7. The molecule has 10 aliphatic rings. The van der Waals surface area contributed by atoms with E-state index >= 15 is 0 Å². The van der Waals surface area contributed by atoms with Crippen molar-refractivity contribution >= 4 is 108 Å². The van der Waals surface area contributed by atoms with Crippen molar-refractivity contribution in [2.24, 2.45) is 0 Å². The molecule has 16 nitrogen and oxygen atoms in total. The average molecular weight is 1670 g/mol. The zero-order chi connectivity index (χ0) is 77.0. The third-order valence-corrected chi connectivity index (χ3v) is 32.9. The molecule has 110 heavy (non-hydrogen) atoms. The molecule has 10 heterocycles. The van der Waals surface area contributed by atoms with Crippen LogP contribution < -0.4 is 28.4 Å². The number of para-hydroxylation sites is 6. The molecule has 10 aromatic carbocycles. The first-order valence-electron chi connectivity index (χ1n) is 36.2. The highest BCUT2D eigenvalue weighted by molar-refractivity contribution is 8.05. The molecule has 0 amide bonds. The number of fused-ring (bicyclic) bond motifs is 10. The minimum Gasteiger partial charge on any atom is -0.493 e. The van der Waals surface area contributed by atoms with E-state index in [-0.39, 0.29) is 33.7 Å². The van der Waals surface area contributed by atoms with Crippen LogP contribution in [0.3, 0.4) is 0 Å². The molecule has 26 heteroatoms. The van der Waals surface area contributed by atoms with Crippen LogP contribution in [0.25, 0.3) is 0 Å². The topological polar surface area (TPSA) is 226 Å². The number of aryl methyl sites for hydroxylation is 4. The van der Waals surface area contributed by atoms with E-state index < -0.39 is 60.9 Å². The Bertz CT molecular complexity index is 4620. The lowest BCUT2D eigenvalue weighted by atomic mass is 10.1. The Morgan fingerprint density at radius 2 is 0.655 bits per heavy atom. The van der Waals surface area contributed by atoms with Gasteiger partial charge in [0.1, 0.15) is 54.3 Å². The summed E-state index contributed by atoms with van der Waals surface area (Å²) in [6.07, 6.45) is 8.80. The lowest BCUT2D eigenvalue weighted by Crippen LogP contribution is -2.25. The largest absolute Gasteiger partial charge is 0.493 e. The van der Waals surface area contributed by atoms with Crippen molar-refractivity contribution in [2.75, 3.05) is 97.2 Å². The molecule has 580 valence electrons. The first-order valence-corrected chi connectivity index (χ1v) is 49.4. The Morgan fingerprint density at radius 3 is 1.25 bits per heavy atom. The van der Waals surface area contributed by atoms with Gasteiger partial charge in [0.05, 0.1) is 83.2 Å². The maximum atomic E-state index is 11.5. The average Bonchev–Trinajstić information content (AvgIpc) is 0.764. The van der Waals surface area contributed by atoms with Gasteiger partial charge in [0.25, 0.3) is 0 Å². The van der Waals surface area contributed by atoms with Crippen LogP contribution in [0.2, 0.25) is 0 Å². The summed E-state index contributed by atoms with van der Waals surface area (Å²) in [4.78, 5) is 8.29. The van der Waals surface area contributed by atoms with Gasteiger partial charge in [-0.1, -0.05) is 146 Å². The summed E-state index contributed by atoms with van der Waals surface area (Å²) in [6, 6.07) is 76.6. The van der Waals surface area contributed by atoms with Gasteiger partial charge in [0, 0.05) is 47.5 Å². The summed E-state index contributed by atoms with van der Waals surface area (Å²) < 4.78 is 146. The standard InChI is InChI=1S/C9H10O2S.C9H10OS.C9H10O.C9H10S.C8H8O4S2.C8H8O3S.C8H8O2S.C8H8O2.C8H8OS.C8H8S2/c10-12(11)7-3-5-8-4-1-2-6-9(8)12;10-11-7-3-5-8-4-1-2-6-9(8)11;2*1-2-6-9-8(4-1)5-3-7-10-9;9-13(10)5-6-14(11,12)8-4-2-1-3-7(8)13;9-12(10)6-5-11-7-3-1-2-4-8(7)12;9-11-6-5-10-7-3-1-2-4-8(7)11;3*1-2-4-8-7(3-1)9-5-6-10-8/h1-2,4,6H,3,5,7H2;1-2,4,6H,3,5,7H2;2*1-2,4,6H,3,5,7H2;1-4H,5-6H2;1-4H,5-6H2;1-4H,5-6H2;3*1-4H,5-6H2. The predicted molar refractivity (Wildman–Crippen MR) is 444 cm³/mol. The van der Waals surface area contributed by atoms with Crippen LogP contribution in [0, 0.1) is 0 Å². The summed E-state index contributed by atoms with van der Waals surface area (Å²) >= 11 is 7.79.